The molecule has 22 heavy (non-hydrogen) atoms. The molecule has 1 aromatic heterocycles. The summed E-state index contributed by atoms with van der Waals surface area (Å²) in [7, 11) is 1.62. The third kappa shape index (κ3) is 3.12. The van der Waals surface area contributed by atoms with Gasteiger partial charge < -0.3 is 15.2 Å². The Bertz CT molecular complexity index is 668. The molecule has 1 aromatic carbocycles. The van der Waals surface area contributed by atoms with Crippen LogP contribution in [0.1, 0.15) is 30.0 Å². The number of benzene rings is 1. The van der Waals surface area contributed by atoms with Crippen LogP contribution < -0.4 is 10.1 Å². The topological polar surface area (TPSA) is 54.4 Å². The number of hydrogen-bond acceptors (Lipinski definition) is 4. The van der Waals surface area contributed by atoms with Crippen molar-refractivity contribution in [3.63, 3.8) is 0 Å². The van der Waals surface area contributed by atoms with Crippen LogP contribution >= 0.6 is 0 Å². The summed E-state index contributed by atoms with van der Waals surface area (Å²) < 4.78 is 5.37. The van der Waals surface area contributed by atoms with Crippen molar-refractivity contribution in [2.75, 3.05) is 13.7 Å². The smallest absolute Gasteiger partial charge is 0.129 e. The Morgan fingerprint density at radius 2 is 2.27 bits per heavy atom. The number of hydrogen-bond donors (Lipinski definition) is 2. The predicted molar refractivity (Wildman–Crippen MR) is 86.9 cm³/mol. The van der Waals surface area contributed by atoms with Crippen LogP contribution in [0.3, 0.4) is 0 Å². The maximum absolute atomic E-state index is 9.58. The number of pyridine rings is 1. The molecule has 1 fully saturated rings. The van der Waals surface area contributed by atoms with Crippen molar-refractivity contribution in [1.82, 2.24) is 10.3 Å². The molecule has 0 saturated carbocycles. The first-order valence-corrected chi connectivity index (χ1v) is 7.48. The van der Waals surface area contributed by atoms with Crippen molar-refractivity contribution in [3.8, 4) is 11.5 Å². The lowest BCUT2D eigenvalue weighted by Gasteiger charge is -2.27. The van der Waals surface area contributed by atoms with Gasteiger partial charge in [0.1, 0.15) is 11.5 Å². The van der Waals surface area contributed by atoms with Crippen LogP contribution in [0.5, 0.6) is 11.5 Å². The molecule has 1 aliphatic heterocycles. The molecule has 0 aliphatic carbocycles. The first-order chi connectivity index (χ1) is 10.8. The minimum Gasteiger partial charge on any atom is -0.508 e. The standard InChI is InChI=1S/C18H20N2O2/c1-22-17-11-16(21)7-6-13(17)10-14-4-3-9-20-18(14)15-5-2-8-19-12-15/h2,5-8,10-12,18,20-21H,3-4,9H2,1H3/b14-10+. The zero-order valence-corrected chi connectivity index (χ0v) is 12.6. The van der Waals surface area contributed by atoms with Gasteiger partial charge in [-0.25, -0.2) is 0 Å². The van der Waals surface area contributed by atoms with Crippen LogP contribution in [0.2, 0.25) is 0 Å². The van der Waals surface area contributed by atoms with E-state index in [4.69, 9.17) is 4.74 Å². The molecule has 1 atom stereocenters. The fourth-order valence-electron chi connectivity index (χ4n) is 2.87. The van der Waals surface area contributed by atoms with Crippen molar-refractivity contribution in [2.24, 2.45) is 0 Å². The Labute approximate surface area is 130 Å². The first-order valence-electron chi connectivity index (χ1n) is 7.48. The van der Waals surface area contributed by atoms with E-state index in [1.807, 2.05) is 18.3 Å². The summed E-state index contributed by atoms with van der Waals surface area (Å²) in [5.41, 5.74) is 3.46. The van der Waals surface area contributed by atoms with Gasteiger partial charge in [0.25, 0.3) is 0 Å². The average molecular weight is 296 g/mol. The highest BCUT2D eigenvalue weighted by molar-refractivity contribution is 5.62. The van der Waals surface area contributed by atoms with E-state index in [-0.39, 0.29) is 11.8 Å². The largest absolute Gasteiger partial charge is 0.508 e. The zero-order chi connectivity index (χ0) is 15.4. The van der Waals surface area contributed by atoms with Gasteiger partial charge in [0, 0.05) is 24.0 Å². The van der Waals surface area contributed by atoms with Gasteiger partial charge in [-0.3, -0.25) is 4.98 Å². The molecule has 0 spiro atoms. The zero-order valence-electron chi connectivity index (χ0n) is 12.6. The van der Waals surface area contributed by atoms with Crippen molar-refractivity contribution in [2.45, 2.75) is 18.9 Å². The number of rotatable bonds is 3. The first kappa shape index (κ1) is 14.6. The normalized spacial score (nSPS) is 20.0. The van der Waals surface area contributed by atoms with E-state index in [1.54, 1.807) is 25.4 Å². The van der Waals surface area contributed by atoms with Gasteiger partial charge in [0.15, 0.2) is 0 Å². The Morgan fingerprint density at radius 1 is 1.36 bits per heavy atom. The van der Waals surface area contributed by atoms with E-state index >= 15 is 0 Å². The molecular weight excluding hydrogens is 276 g/mol. The molecule has 0 amide bonds. The highest BCUT2D eigenvalue weighted by Crippen LogP contribution is 2.33. The lowest BCUT2D eigenvalue weighted by Crippen LogP contribution is -2.28. The molecule has 0 radical (unpaired) electrons. The molecule has 114 valence electrons. The number of nitrogens with zero attached hydrogens (tertiary/aromatic N) is 1. The molecule has 1 aliphatic rings. The van der Waals surface area contributed by atoms with Gasteiger partial charge in [-0.2, -0.15) is 0 Å². The summed E-state index contributed by atoms with van der Waals surface area (Å²) in [6.45, 7) is 1.00. The lowest BCUT2D eigenvalue weighted by molar-refractivity contribution is 0.406. The molecule has 0 bridgehead atoms. The highest BCUT2D eigenvalue weighted by atomic mass is 16.5. The van der Waals surface area contributed by atoms with Gasteiger partial charge in [0.2, 0.25) is 0 Å². The summed E-state index contributed by atoms with van der Waals surface area (Å²) in [5.74, 6) is 0.896. The maximum Gasteiger partial charge on any atom is 0.129 e. The van der Waals surface area contributed by atoms with Crippen LogP contribution in [-0.4, -0.2) is 23.7 Å². The van der Waals surface area contributed by atoms with Crippen LogP contribution in [0.15, 0.2) is 48.3 Å². The van der Waals surface area contributed by atoms with E-state index in [1.165, 1.54) is 11.1 Å². The summed E-state index contributed by atoms with van der Waals surface area (Å²) in [5, 5.41) is 13.1. The summed E-state index contributed by atoms with van der Waals surface area (Å²) >= 11 is 0. The number of phenolic OH excluding ortho intramolecular Hbond substituents is 1. The second-order valence-corrected chi connectivity index (χ2v) is 5.42. The summed E-state index contributed by atoms with van der Waals surface area (Å²) in [6, 6.07) is 9.45. The summed E-state index contributed by atoms with van der Waals surface area (Å²) in [6.07, 6.45) is 8.01. The molecule has 1 unspecified atom stereocenters. The molecule has 2 heterocycles. The predicted octanol–water partition coefficient (Wildman–Crippen LogP) is 3.30. The number of phenols is 1. The monoisotopic (exact) mass is 296 g/mol. The number of aromatic hydroxyl groups is 1. The van der Waals surface area contributed by atoms with E-state index in [9.17, 15) is 5.11 Å². The van der Waals surface area contributed by atoms with Crippen LogP contribution in [0.4, 0.5) is 0 Å². The Kier molecular flexibility index (Phi) is 4.39. The molecule has 4 nitrogen and oxygen atoms in total. The van der Waals surface area contributed by atoms with Crippen molar-refractivity contribution < 1.29 is 9.84 Å². The van der Waals surface area contributed by atoms with Gasteiger partial charge in [-0.15, -0.1) is 0 Å². The number of piperidine rings is 1. The second kappa shape index (κ2) is 6.62. The highest BCUT2D eigenvalue weighted by Gasteiger charge is 2.20. The van der Waals surface area contributed by atoms with Crippen LogP contribution in [0, 0.1) is 0 Å². The molecule has 4 heteroatoms. The van der Waals surface area contributed by atoms with Crippen LogP contribution in [-0.2, 0) is 0 Å². The molecule has 2 N–H and O–H groups in total. The van der Waals surface area contributed by atoms with E-state index in [2.05, 4.69) is 22.4 Å². The van der Waals surface area contributed by atoms with Gasteiger partial charge in [-0.05, 0) is 48.7 Å². The molecular formula is C18H20N2O2. The van der Waals surface area contributed by atoms with Crippen molar-refractivity contribution in [3.05, 3.63) is 59.4 Å². The van der Waals surface area contributed by atoms with Crippen LogP contribution in [0.25, 0.3) is 6.08 Å². The Morgan fingerprint density at radius 3 is 3.05 bits per heavy atom. The van der Waals surface area contributed by atoms with Gasteiger partial charge in [0.05, 0.1) is 13.2 Å². The maximum atomic E-state index is 9.58. The van der Waals surface area contributed by atoms with Gasteiger partial charge in [-0.1, -0.05) is 12.1 Å². The number of aromatic nitrogens is 1. The number of methoxy groups -OCH3 is 1. The third-order valence-corrected chi connectivity index (χ3v) is 3.94. The minimum atomic E-state index is 0.181. The van der Waals surface area contributed by atoms with E-state index in [0.29, 0.717) is 5.75 Å². The molecule has 2 aromatic rings. The van der Waals surface area contributed by atoms with E-state index in [0.717, 1.165) is 24.9 Å². The molecule has 3 rings (SSSR count). The van der Waals surface area contributed by atoms with Crippen molar-refractivity contribution >= 4 is 6.08 Å². The second-order valence-electron chi connectivity index (χ2n) is 5.42. The quantitative estimate of drug-likeness (QED) is 0.912. The van der Waals surface area contributed by atoms with Gasteiger partial charge >= 0.3 is 0 Å². The van der Waals surface area contributed by atoms with E-state index < -0.39 is 0 Å². The fraction of sp³-hybridized carbons (Fsp3) is 0.278. The minimum absolute atomic E-state index is 0.181. The SMILES string of the molecule is COc1cc(O)ccc1/C=C1\CCCNC1c1cccnc1. The number of nitrogens with one attached hydrogen (secondary N) is 1. The number of ether oxygens (including phenoxy) is 1. The third-order valence-electron chi connectivity index (χ3n) is 3.94. The Balaban J connectivity index is 1.97. The fourth-order valence-corrected chi connectivity index (χ4v) is 2.87. The molecule has 1 saturated heterocycles. The summed E-state index contributed by atoms with van der Waals surface area (Å²) in [4.78, 5) is 4.22. The lowest BCUT2D eigenvalue weighted by atomic mass is 9.91. The average Bonchev–Trinajstić information content (AvgIpc) is 2.57. The Hall–Kier alpha value is -2.33. The van der Waals surface area contributed by atoms with Crippen molar-refractivity contribution in [1.29, 1.82) is 0 Å².